The van der Waals surface area contributed by atoms with Gasteiger partial charge in [0.15, 0.2) is 5.82 Å². The molecule has 1 aliphatic rings. The van der Waals surface area contributed by atoms with E-state index in [1.165, 1.54) is 8.61 Å². The van der Waals surface area contributed by atoms with E-state index in [1.807, 2.05) is 32.8 Å². The summed E-state index contributed by atoms with van der Waals surface area (Å²) in [6, 6.07) is 1.63. The number of aromatic nitrogens is 2. The molecular weight excluding hydrogens is 380 g/mol. The zero-order valence-corrected chi connectivity index (χ0v) is 18.5. The van der Waals surface area contributed by atoms with E-state index in [4.69, 9.17) is 0 Å². The van der Waals surface area contributed by atoms with Gasteiger partial charge in [0.25, 0.3) is 10.2 Å². The lowest BCUT2D eigenvalue weighted by Gasteiger charge is -2.26. The van der Waals surface area contributed by atoms with Crippen LogP contribution in [-0.2, 0) is 21.5 Å². The molecule has 1 saturated heterocycles. The van der Waals surface area contributed by atoms with Gasteiger partial charge in [-0.2, -0.15) is 17.0 Å². The van der Waals surface area contributed by atoms with Crippen molar-refractivity contribution in [2.24, 2.45) is 0 Å². The predicted octanol–water partition coefficient (Wildman–Crippen LogP) is 1.24. The van der Waals surface area contributed by atoms with Crippen LogP contribution in [0, 0.1) is 0 Å². The third-order valence-corrected chi connectivity index (χ3v) is 7.09. The molecule has 0 aliphatic carbocycles. The van der Waals surface area contributed by atoms with Gasteiger partial charge in [-0.3, -0.25) is 4.79 Å². The lowest BCUT2D eigenvalue weighted by molar-refractivity contribution is -0.129. The van der Waals surface area contributed by atoms with E-state index < -0.39 is 10.2 Å². The number of likely N-dealkylation sites (tertiary alicyclic amines) is 1. The number of hydrogen-bond acceptors (Lipinski definition) is 6. The molecule has 1 aromatic heterocycles. The molecule has 1 atom stereocenters. The number of amides is 1. The van der Waals surface area contributed by atoms with E-state index in [-0.39, 0.29) is 18.5 Å². The van der Waals surface area contributed by atoms with Crippen LogP contribution in [-0.4, -0.2) is 78.6 Å². The van der Waals surface area contributed by atoms with E-state index in [2.05, 4.69) is 9.97 Å². The van der Waals surface area contributed by atoms with Gasteiger partial charge in [-0.05, 0) is 12.8 Å². The molecule has 0 bridgehead atoms. The van der Waals surface area contributed by atoms with Crippen LogP contribution in [0.5, 0.6) is 0 Å². The Balaban J connectivity index is 2.37. The lowest BCUT2D eigenvalue weighted by Crippen LogP contribution is -2.41. The van der Waals surface area contributed by atoms with Gasteiger partial charge >= 0.3 is 0 Å². The van der Waals surface area contributed by atoms with Crippen LogP contribution in [0.25, 0.3) is 0 Å². The maximum atomic E-state index is 12.7. The number of anilines is 1. The molecule has 10 heteroatoms. The van der Waals surface area contributed by atoms with Crippen LogP contribution < -0.4 is 4.90 Å². The van der Waals surface area contributed by atoms with Crippen molar-refractivity contribution < 1.29 is 13.2 Å². The first-order valence-corrected chi connectivity index (χ1v) is 11.0. The Hall–Kier alpha value is -1.78. The minimum atomic E-state index is -3.56. The third-order valence-electron chi connectivity index (χ3n) is 5.01. The molecule has 0 N–H and O–H groups in total. The number of nitrogens with zero attached hydrogens (tertiary/aromatic N) is 6. The first-order chi connectivity index (χ1) is 13.1. The van der Waals surface area contributed by atoms with Gasteiger partial charge in [-0.15, -0.1) is 0 Å². The van der Waals surface area contributed by atoms with Gasteiger partial charge in [-0.1, -0.05) is 13.8 Å². The van der Waals surface area contributed by atoms with Crippen LogP contribution in [0.3, 0.4) is 0 Å². The van der Waals surface area contributed by atoms with Crippen molar-refractivity contribution in [3.05, 3.63) is 17.6 Å². The second-order valence-corrected chi connectivity index (χ2v) is 9.22. The Labute approximate surface area is 168 Å². The summed E-state index contributed by atoms with van der Waals surface area (Å²) in [5.41, 5.74) is 0.613. The Morgan fingerprint density at radius 2 is 1.86 bits per heavy atom. The third kappa shape index (κ3) is 4.79. The van der Waals surface area contributed by atoms with E-state index in [9.17, 15) is 13.2 Å². The fourth-order valence-electron chi connectivity index (χ4n) is 3.43. The van der Waals surface area contributed by atoms with Crippen LogP contribution in [0.2, 0.25) is 0 Å². The van der Waals surface area contributed by atoms with Gasteiger partial charge < -0.3 is 9.80 Å². The summed E-state index contributed by atoms with van der Waals surface area (Å²) >= 11 is 0. The van der Waals surface area contributed by atoms with Gasteiger partial charge in [0.2, 0.25) is 5.91 Å². The van der Waals surface area contributed by atoms with Gasteiger partial charge in [0, 0.05) is 53.8 Å². The second kappa shape index (κ2) is 9.15. The SMILES string of the molecule is CCN(CC)S(=O)(=O)N(C)Cc1cc(N(C)C)nc(C2CCCN2C(C)=O)n1. The summed E-state index contributed by atoms with van der Waals surface area (Å²) in [6.45, 7) is 6.85. The second-order valence-electron chi connectivity index (χ2n) is 7.19. The Morgan fingerprint density at radius 3 is 2.39 bits per heavy atom. The molecule has 1 fully saturated rings. The minimum Gasteiger partial charge on any atom is -0.363 e. The minimum absolute atomic E-state index is 0.00383. The molecule has 2 heterocycles. The van der Waals surface area contributed by atoms with E-state index >= 15 is 0 Å². The highest BCUT2D eigenvalue weighted by atomic mass is 32.2. The number of hydrogen-bond donors (Lipinski definition) is 0. The first-order valence-electron chi connectivity index (χ1n) is 9.65. The maximum Gasteiger partial charge on any atom is 0.282 e. The zero-order chi connectivity index (χ0) is 21.1. The molecule has 28 heavy (non-hydrogen) atoms. The normalized spacial score (nSPS) is 17.6. The molecule has 1 aliphatic heterocycles. The molecule has 0 spiro atoms. The summed E-state index contributed by atoms with van der Waals surface area (Å²) in [4.78, 5) is 24.9. The fraction of sp³-hybridized carbons (Fsp3) is 0.722. The Kier molecular flexibility index (Phi) is 7.35. The van der Waals surface area contributed by atoms with Gasteiger partial charge in [0.05, 0.1) is 18.3 Å². The van der Waals surface area contributed by atoms with Crippen LogP contribution in [0.1, 0.15) is 51.2 Å². The Bertz CT molecular complexity index is 795. The lowest BCUT2D eigenvalue weighted by atomic mass is 10.2. The molecule has 1 unspecified atom stereocenters. The highest BCUT2D eigenvalue weighted by Crippen LogP contribution is 2.31. The standard InChI is InChI=1S/C18H32N6O3S/c1-7-23(8-2)28(26,27)22(6)13-15-12-17(21(4)5)20-18(19-15)16-10-9-11-24(16)14(3)25/h12,16H,7-11,13H2,1-6H3. The summed E-state index contributed by atoms with van der Waals surface area (Å²) in [5.74, 6) is 1.27. The van der Waals surface area contributed by atoms with Crippen LogP contribution >= 0.6 is 0 Å². The summed E-state index contributed by atoms with van der Waals surface area (Å²) in [5, 5.41) is 0. The van der Waals surface area contributed by atoms with Crippen molar-refractivity contribution in [3.63, 3.8) is 0 Å². The van der Waals surface area contributed by atoms with Gasteiger partial charge in [0.1, 0.15) is 5.82 Å². The zero-order valence-electron chi connectivity index (χ0n) is 17.7. The average molecular weight is 413 g/mol. The molecule has 9 nitrogen and oxygen atoms in total. The number of carbonyl (C=O) groups is 1. The van der Waals surface area contributed by atoms with Crippen molar-refractivity contribution in [1.29, 1.82) is 0 Å². The molecule has 0 aromatic carbocycles. The quantitative estimate of drug-likeness (QED) is 0.638. The number of rotatable bonds is 8. The fourth-order valence-corrected chi connectivity index (χ4v) is 4.77. The number of carbonyl (C=O) groups excluding carboxylic acids is 1. The van der Waals surface area contributed by atoms with Crippen molar-refractivity contribution in [1.82, 2.24) is 23.5 Å². The largest absolute Gasteiger partial charge is 0.363 e. The topological polar surface area (TPSA) is 90.0 Å². The van der Waals surface area contributed by atoms with Crippen molar-refractivity contribution in [2.45, 2.75) is 46.2 Å². The summed E-state index contributed by atoms with van der Waals surface area (Å²) in [6.07, 6.45) is 1.72. The predicted molar refractivity (Wildman–Crippen MR) is 109 cm³/mol. The van der Waals surface area contributed by atoms with Gasteiger partial charge in [-0.25, -0.2) is 9.97 Å². The van der Waals surface area contributed by atoms with E-state index in [0.717, 1.165) is 12.8 Å². The maximum absolute atomic E-state index is 12.7. The summed E-state index contributed by atoms with van der Waals surface area (Å²) in [7, 11) is 1.75. The van der Waals surface area contributed by atoms with Crippen molar-refractivity contribution in [3.8, 4) is 0 Å². The van der Waals surface area contributed by atoms with Crippen molar-refractivity contribution in [2.75, 3.05) is 45.7 Å². The molecule has 2 rings (SSSR count). The molecule has 158 valence electrons. The monoisotopic (exact) mass is 412 g/mol. The van der Waals surface area contributed by atoms with E-state index in [1.54, 1.807) is 24.9 Å². The molecular formula is C18H32N6O3S. The molecule has 0 saturated carbocycles. The highest BCUT2D eigenvalue weighted by molar-refractivity contribution is 7.86. The van der Waals surface area contributed by atoms with E-state index in [0.29, 0.717) is 37.0 Å². The summed E-state index contributed by atoms with van der Waals surface area (Å²) < 4.78 is 28.2. The van der Waals surface area contributed by atoms with Crippen LogP contribution in [0.4, 0.5) is 5.82 Å². The highest BCUT2D eigenvalue weighted by Gasteiger charge is 2.31. The smallest absolute Gasteiger partial charge is 0.282 e. The average Bonchev–Trinajstić information content (AvgIpc) is 3.12. The van der Waals surface area contributed by atoms with Crippen LogP contribution in [0.15, 0.2) is 6.07 Å². The Morgan fingerprint density at radius 1 is 1.21 bits per heavy atom. The molecule has 0 radical (unpaired) electrons. The first kappa shape index (κ1) is 22.5. The molecule has 1 aromatic rings. The molecule has 1 amide bonds. The van der Waals surface area contributed by atoms with Crippen molar-refractivity contribution >= 4 is 21.9 Å².